The number of anilines is 1. The van der Waals surface area contributed by atoms with Crippen LogP contribution in [0.25, 0.3) is 0 Å². The van der Waals surface area contributed by atoms with Crippen LogP contribution in [0.4, 0.5) is 5.69 Å². The first-order chi connectivity index (χ1) is 12.7. The number of methoxy groups -OCH3 is 1. The van der Waals surface area contributed by atoms with Crippen molar-refractivity contribution in [2.24, 2.45) is 5.92 Å². The summed E-state index contributed by atoms with van der Waals surface area (Å²) in [5.74, 6) is 2.47. The van der Waals surface area contributed by atoms with Crippen LogP contribution in [0.1, 0.15) is 36.8 Å². The Bertz CT molecular complexity index is 818. The highest BCUT2D eigenvalue weighted by Crippen LogP contribution is 2.56. The summed E-state index contributed by atoms with van der Waals surface area (Å²) in [5, 5.41) is 0. The zero-order valence-corrected chi connectivity index (χ0v) is 15.1. The summed E-state index contributed by atoms with van der Waals surface area (Å²) in [6.07, 6.45) is 3.02. The first-order valence-corrected chi connectivity index (χ1v) is 9.45. The molecule has 1 spiro atoms. The largest absolute Gasteiger partial charge is 0.462 e. The van der Waals surface area contributed by atoms with Crippen molar-refractivity contribution in [2.75, 3.05) is 25.1 Å². The van der Waals surface area contributed by atoms with E-state index < -0.39 is 0 Å². The number of rotatable bonds is 4. The van der Waals surface area contributed by atoms with E-state index in [4.69, 9.17) is 9.15 Å². The molecule has 2 aromatic rings. The molecule has 1 amide bonds. The van der Waals surface area contributed by atoms with E-state index in [1.54, 1.807) is 7.11 Å². The first kappa shape index (κ1) is 16.1. The molecule has 0 unspecified atom stereocenters. The highest BCUT2D eigenvalue weighted by atomic mass is 16.5. The predicted molar refractivity (Wildman–Crippen MR) is 97.7 cm³/mol. The third-order valence-electron chi connectivity index (χ3n) is 6.41. The van der Waals surface area contributed by atoms with Crippen molar-refractivity contribution in [3.63, 3.8) is 0 Å². The van der Waals surface area contributed by atoms with Crippen LogP contribution in [0.3, 0.4) is 0 Å². The molecule has 0 saturated carbocycles. The minimum absolute atomic E-state index is 0.204. The Morgan fingerprint density at radius 1 is 1.23 bits per heavy atom. The number of hydrogen-bond donors (Lipinski definition) is 0. The van der Waals surface area contributed by atoms with E-state index in [0.717, 1.165) is 49.6 Å². The lowest BCUT2D eigenvalue weighted by molar-refractivity contribution is -0.126. The molecule has 3 saturated heterocycles. The van der Waals surface area contributed by atoms with Gasteiger partial charge in [-0.1, -0.05) is 18.2 Å². The van der Waals surface area contributed by atoms with Gasteiger partial charge in [0.2, 0.25) is 5.91 Å². The highest BCUT2D eigenvalue weighted by Gasteiger charge is 2.65. The number of furan rings is 1. The van der Waals surface area contributed by atoms with Crippen LogP contribution < -0.4 is 4.90 Å². The van der Waals surface area contributed by atoms with Crippen LogP contribution in [-0.2, 0) is 16.1 Å². The number of nitrogens with zero attached hydrogens (tertiary/aromatic N) is 2. The highest BCUT2D eigenvalue weighted by molar-refractivity contribution is 6.03. The van der Waals surface area contributed by atoms with E-state index >= 15 is 0 Å². The number of benzene rings is 1. The van der Waals surface area contributed by atoms with Crippen LogP contribution in [0.5, 0.6) is 0 Å². The Morgan fingerprint density at radius 3 is 2.88 bits per heavy atom. The van der Waals surface area contributed by atoms with Gasteiger partial charge in [0.1, 0.15) is 23.7 Å². The molecular formula is C21H24N2O3. The summed E-state index contributed by atoms with van der Waals surface area (Å²) >= 11 is 0. The van der Waals surface area contributed by atoms with Crippen molar-refractivity contribution in [2.45, 2.75) is 37.5 Å². The van der Waals surface area contributed by atoms with E-state index in [-0.39, 0.29) is 17.5 Å². The van der Waals surface area contributed by atoms with Crippen LogP contribution in [0, 0.1) is 5.92 Å². The molecule has 0 N–H and O–H groups in total. The predicted octanol–water partition coefficient (Wildman–Crippen LogP) is 3.37. The summed E-state index contributed by atoms with van der Waals surface area (Å²) in [6, 6.07) is 14.3. The number of amides is 1. The van der Waals surface area contributed by atoms with Crippen LogP contribution in [-0.4, -0.2) is 36.5 Å². The van der Waals surface area contributed by atoms with Gasteiger partial charge in [0.05, 0.1) is 6.04 Å². The molecule has 5 heteroatoms. The summed E-state index contributed by atoms with van der Waals surface area (Å²) in [5.41, 5.74) is 0.680. The minimum atomic E-state index is -0.339. The van der Waals surface area contributed by atoms with Gasteiger partial charge in [0, 0.05) is 31.8 Å². The van der Waals surface area contributed by atoms with Crippen molar-refractivity contribution < 1.29 is 13.9 Å². The Balaban J connectivity index is 1.46. The van der Waals surface area contributed by atoms with Crippen molar-refractivity contribution in [1.82, 2.24) is 4.90 Å². The molecule has 3 fully saturated rings. The fraction of sp³-hybridized carbons (Fsp3) is 0.476. The maximum absolute atomic E-state index is 13.5. The smallest absolute Gasteiger partial charge is 0.247 e. The lowest BCUT2D eigenvalue weighted by atomic mass is 9.85. The number of carbonyl (C=O) groups excluding carboxylic acids is 1. The Hall–Kier alpha value is -2.11. The minimum Gasteiger partial charge on any atom is -0.462 e. The fourth-order valence-corrected chi connectivity index (χ4v) is 5.39. The molecule has 3 aliphatic rings. The first-order valence-electron chi connectivity index (χ1n) is 9.45. The SMILES string of the molecule is COCc1ccc([C@@H]2C[C@H]3CN(c4ccccc4)C(=O)[C@]34CCCN24)o1. The van der Waals surface area contributed by atoms with Crippen LogP contribution in [0.2, 0.25) is 0 Å². The van der Waals surface area contributed by atoms with Gasteiger partial charge in [0.25, 0.3) is 0 Å². The molecule has 5 rings (SSSR count). The average molecular weight is 352 g/mol. The lowest BCUT2D eigenvalue weighted by Crippen LogP contribution is -2.49. The lowest BCUT2D eigenvalue weighted by Gasteiger charge is -2.32. The molecule has 1 aromatic heterocycles. The van der Waals surface area contributed by atoms with Gasteiger partial charge in [-0.15, -0.1) is 0 Å². The van der Waals surface area contributed by atoms with Gasteiger partial charge in [-0.05, 0) is 43.5 Å². The Morgan fingerprint density at radius 2 is 2.08 bits per heavy atom. The molecule has 0 aliphatic carbocycles. The number of ether oxygens (including phenoxy) is 1. The van der Waals surface area contributed by atoms with Gasteiger partial charge >= 0.3 is 0 Å². The molecule has 0 bridgehead atoms. The zero-order valence-electron chi connectivity index (χ0n) is 15.1. The second-order valence-electron chi connectivity index (χ2n) is 7.66. The van der Waals surface area contributed by atoms with Crippen molar-refractivity contribution >= 4 is 11.6 Å². The summed E-state index contributed by atoms with van der Waals surface area (Å²) in [6.45, 7) is 2.26. The standard InChI is InChI=1S/C21H24N2O3/c1-25-14-17-8-9-19(26-17)18-12-15-13-22(16-6-3-2-4-7-16)20(24)21(15)10-5-11-23(18)21/h2-4,6-9,15,18H,5,10-14H2,1H3/t15-,18-,21-/m0/s1. The van der Waals surface area contributed by atoms with Gasteiger partial charge in [-0.3, -0.25) is 9.69 Å². The monoisotopic (exact) mass is 352 g/mol. The number of carbonyl (C=O) groups is 1. The van der Waals surface area contributed by atoms with Gasteiger partial charge in [-0.2, -0.15) is 0 Å². The van der Waals surface area contributed by atoms with Crippen molar-refractivity contribution in [3.8, 4) is 0 Å². The van der Waals surface area contributed by atoms with Gasteiger partial charge in [-0.25, -0.2) is 0 Å². The summed E-state index contributed by atoms with van der Waals surface area (Å²) in [7, 11) is 1.68. The van der Waals surface area contributed by atoms with Crippen molar-refractivity contribution in [1.29, 1.82) is 0 Å². The Kier molecular flexibility index (Phi) is 3.69. The van der Waals surface area contributed by atoms with Gasteiger partial charge in [0.15, 0.2) is 0 Å². The van der Waals surface area contributed by atoms with Crippen molar-refractivity contribution in [3.05, 3.63) is 54.0 Å². The molecule has 5 nitrogen and oxygen atoms in total. The topological polar surface area (TPSA) is 45.9 Å². The van der Waals surface area contributed by atoms with E-state index in [0.29, 0.717) is 12.5 Å². The summed E-state index contributed by atoms with van der Waals surface area (Å²) < 4.78 is 11.2. The molecule has 26 heavy (non-hydrogen) atoms. The van der Waals surface area contributed by atoms with Crippen LogP contribution >= 0.6 is 0 Å². The number of hydrogen-bond acceptors (Lipinski definition) is 4. The van der Waals surface area contributed by atoms with Gasteiger partial charge < -0.3 is 14.1 Å². The third-order valence-corrected chi connectivity index (χ3v) is 6.41. The van der Waals surface area contributed by atoms with E-state index in [1.807, 2.05) is 41.3 Å². The zero-order chi connectivity index (χ0) is 17.7. The molecule has 4 heterocycles. The summed E-state index contributed by atoms with van der Waals surface area (Å²) in [4.78, 5) is 17.9. The second-order valence-corrected chi connectivity index (χ2v) is 7.66. The molecule has 3 aliphatic heterocycles. The maximum Gasteiger partial charge on any atom is 0.247 e. The van der Waals surface area contributed by atoms with E-state index in [2.05, 4.69) is 11.0 Å². The molecule has 0 radical (unpaired) electrons. The maximum atomic E-state index is 13.5. The van der Waals surface area contributed by atoms with Crippen LogP contribution in [0.15, 0.2) is 46.9 Å². The quantitative estimate of drug-likeness (QED) is 0.846. The van der Waals surface area contributed by atoms with E-state index in [1.165, 1.54) is 0 Å². The Labute approximate surface area is 153 Å². The van der Waals surface area contributed by atoms with E-state index in [9.17, 15) is 4.79 Å². The number of para-hydroxylation sites is 1. The second kappa shape index (κ2) is 5.96. The average Bonchev–Trinajstić information content (AvgIpc) is 3.39. The molecule has 3 atom stereocenters. The fourth-order valence-electron chi connectivity index (χ4n) is 5.39. The molecule has 1 aromatic carbocycles. The normalized spacial score (nSPS) is 30.8. The molecular weight excluding hydrogens is 328 g/mol. The third kappa shape index (κ3) is 2.14. The molecule has 136 valence electrons.